The Hall–Kier alpha value is -3.34. The van der Waals surface area contributed by atoms with Gasteiger partial charge < -0.3 is 5.32 Å². The molecule has 176 valence electrons. The molecule has 8 nitrogen and oxygen atoms in total. The average Bonchev–Trinajstić information content (AvgIpc) is 3.48. The number of amides is 1. The predicted molar refractivity (Wildman–Crippen MR) is 133 cm³/mol. The van der Waals surface area contributed by atoms with Crippen LogP contribution in [0.4, 0.5) is 0 Å². The van der Waals surface area contributed by atoms with Gasteiger partial charge in [0.1, 0.15) is 10.7 Å². The minimum absolute atomic E-state index is 0.0831. The number of para-hydroxylation sites is 1. The first-order valence-corrected chi connectivity index (χ1v) is 13.2. The Kier molecular flexibility index (Phi) is 7.20. The summed E-state index contributed by atoms with van der Waals surface area (Å²) in [7, 11) is -3.38. The molecule has 1 amide bonds. The van der Waals surface area contributed by atoms with Crippen LogP contribution in [0.2, 0.25) is 0 Å². The fourth-order valence-electron chi connectivity index (χ4n) is 3.31. The van der Waals surface area contributed by atoms with Crippen molar-refractivity contribution in [1.82, 2.24) is 24.8 Å². The van der Waals surface area contributed by atoms with Crippen molar-refractivity contribution >= 4 is 27.3 Å². The minimum Gasteiger partial charge on any atom is -0.347 e. The molecule has 0 aliphatic carbocycles. The number of nitrogens with one attached hydrogen (secondary N) is 2. The number of hydrogen-bond donors (Lipinski definition) is 2. The number of hydrogen-bond acceptors (Lipinski definition) is 6. The number of thiazole rings is 1. The van der Waals surface area contributed by atoms with E-state index in [1.807, 2.05) is 48.7 Å². The molecule has 4 aromatic rings. The molecule has 2 heterocycles. The molecule has 0 aliphatic heterocycles. The molecular weight excluding hydrogens is 470 g/mol. The molecule has 0 radical (unpaired) electrons. The van der Waals surface area contributed by atoms with Crippen molar-refractivity contribution in [3.8, 4) is 16.3 Å². The zero-order valence-corrected chi connectivity index (χ0v) is 20.4. The van der Waals surface area contributed by atoms with Gasteiger partial charge in [0.05, 0.1) is 17.6 Å². The van der Waals surface area contributed by atoms with Crippen LogP contribution in [0.3, 0.4) is 0 Å². The van der Waals surface area contributed by atoms with E-state index >= 15 is 0 Å². The third-order valence-corrected chi connectivity index (χ3v) is 7.27. The van der Waals surface area contributed by atoms with Crippen LogP contribution >= 0.6 is 11.3 Å². The summed E-state index contributed by atoms with van der Waals surface area (Å²) in [5, 5.41) is 9.67. The maximum Gasteiger partial charge on any atom is 0.271 e. The zero-order valence-electron chi connectivity index (χ0n) is 18.8. The van der Waals surface area contributed by atoms with Gasteiger partial charge in [0.25, 0.3) is 5.91 Å². The highest BCUT2D eigenvalue weighted by Gasteiger charge is 2.15. The monoisotopic (exact) mass is 495 g/mol. The van der Waals surface area contributed by atoms with E-state index in [0.29, 0.717) is 22.8 Å². The average molecular weight is 496 g/mol. The molecule has 2 aromatic carbocycles. The summed E-state index contributed by atoms with van der Waals surface area (Å²) in [5.74, 6) is -0.356. The van der Waals surface area contributed by atoms with Crippen LogP contribution < -0.4 is 10.0 Å². The molecule has 0 unspecified atom stereocenters. The first kappa shape index (κ1) is 23.8. The van der Waals surface area contributed by atoms with Crippen LogP contribution in [0, 0.1) is 0 Å². The Morgan fingerprint density at radius 3 is 2.47 bits per heavy atom. The third kappa shape index (κ3) is 6.16. The molecule has 0 bridgehead atoms. The highest BCUT2D eigenvalue weighted by atomic mass is 32.2. The van der Waals surface area contributed by atoms with Crippen LogP contribution in [0.5, 0.6) is 0 Å². The van der Waals surface area contributed by atoms with E-state index < -0.39 is 10.0 Å². The Morgan fingerprint density at radius 1 is 1.06 bits per heavy atom. The van der Waals surface area contributed by atoms with Gasteiger partial charge in [-0.1, -0.05) is 42.5 Å². The van der Waals surface area contributed by atoms with E-state index in [4.69, 9.17) is 0 Å². The fourth-order valence-corrected chi connectivity index (χ4v) is 5.52. The number of benzene rings is 2. The van der Waals surface area contributed by atoms with Gasteiger partial charge in [-0.2, -0.15) is 5.10 Å². The van der Waals surface area contributed by atoms with Crippen molar-refractivity contribution in [3.05, 3.63) is 89.2 Å². The molecule has 0 aliphatic rings. The molecule has 2 aromatic heterocycles. The van der Waals surface area contributed by atoms with Crippen molar-refractivity contribution in [2.75, 3.05) is 0 Å². The molecule has 34 heavy (non-hydrogen) atoms. The Balaban J connectivity index is 1.34. The first-order chi connectivity index (χ1) is 16.3. The summed E-state index contributed by atoms with van der Waals surface area (Å²) in [6.45, 7) is 3.88. The van der Waals surface area contributed by atoms with Crippen LogP contribution in [-0.4, -0.2) is 35.1 Å². The molecule has 4 rings (SSSR count). The second-order valence-electron chi connectivity index (χ2n) is 8.08. The van der Waals surface area contributed by atoms with Gasteiger partial charge >= 0.3 is 0 Å². The van der Waals surface area contributed by atoms with Gasteiger partial charge in [0, 0.05) is 29.7 Å². The summed E-state index contributed by atoms with van der Waals surface area (Å²) in [6.07, 6.45) is 3.61. The standard InChI is InChI=1S/C24H25N5O3S2/c1-17(2)28-34(31,32)16-19-10-8-18(9-11-19)12-25-23(30)22-15-33-24(27-22)20-13-26-29(14-20)21-6-4-3-5-7-21/h3-11,13-15,17,28H,12,16H2,1-2H3,(H,25,30). The topological polar surface area (TPSA) is 106 Å². The summed E-state index contributed by atoms with van der Waals surface area (Å²) < 4.78 is 28.5. The van der Waals surface area contributed by atoms with Gasteiger partial charge in [-0.05, 0) is 37.1 Å². The van der Waals surface area contributed by atoms with E-state index in [1.54, 1.807) is 42.2 Å². The number of sulfonamides is 1. The maximum absolute atomic E-state index is 12.6. The molecule has 10 heteroatoms. The summed E-state index contributed by atoms with van der Waals surface area (Å²) in [4.78, 5) is 17.0. The summed E-state index contributed by atoms with van der Waals surface area (Å²) in [6, 6.07) is 16.8. The smallest absolute Gasteiger partial charge is 0.271 e. The lowest BCUT2D eigenvalue weighted by Crippen LogP contribution is -2.31. The quantitative estimate of drug-likeness (QED) is 0.368. The molecule has 0 spiro atoms. The van der Waals surface area contributed by atoms with E-state index in [1.165, 1.54) is 11.3 Å². The Labute approximate surface area is 202 Å². The van der Waals surface area contributed by atoms with Crippen LogP contribution in [-0.2, 0) is 22.3 Å². The van der Waals surface area contributed by atoms with Gasteiger partial charge in [-0.25, -0.2) is 22.8 Å². The van der Waals surface area contributed by atoms with Crippen LogP contribution in [0.1, 0.15) is 35.5 Å². The summed E-state index contributed by atoms with van der Waals surface area (Å²) in [5.41, 5.74) is 3.68. The highest BCUT2D eigenvalue weighted by Crippen LogP contribution is 2.24. The molecule has 0 atom stereocenters. The lowest BCUT2D eigenvalue weighted by atomic mass is 10.1. The third-order valence-electron chi connectivity index (χ3n) is 4.84. The first-order valence-electron chi connectivity index (χ1n) is 10.7. The van der Waals surface area contributed by atoms with Crippen LogP contribution in [0.15, 0.2) is 72.4 Å². The molecule has 0 fully saturated rings. The number of aromatic nitrogens is 3. The van der Waals surface area contributed by atoms with Crippen molar-refractivity contribution in [2.24, 2.45) is 0 Å². The zero-order chi connectivity index (χ0) is 24.1. The normalized spacial score (nSPS) is 11.6. The molecule has 0 saturated heterocycles. The maximum atomic E-state index is 12.6. The van der Waals surface area contributed by atoms with Gasteiger partial charge in [-0.15, -0.1) is 11.3 Å². The lowest BCUT2D eigenvalue weighted by molar-refractivity contribution is 0.0946. The van der Waals surface area contributed by atoms with Gasteiger partial charge in [0.2, 0.25) is 10.0 Å². The lowest BCUT2D eigenvalue weighted by Gasteiger charge is -2.10. The highest BCUT2D eigenvalue weighted by molar-refractivity contribution is 7.88. The van der Waals surface area contributed by atoms with E-state index in [-0.39, 0.29) is 17.7 Å². The van der Waals surface area contributed by atoms with E-state index in [9.17, 15) is 13.2 Å². The predicted octanol–water partition coefficient (Wildman–Crippen LogP) is 3.75. The van der Waals surface area contributed by atoms with Gasteiger partial charge in [0.15, 0.2) is 0 Å². The Bertz CT molecular complexity index is 1360. The fraction of sp³-hybridized carbons (Fsp3) is 0.208. The minimum atomic E-state index is -3.38. The van der Waals surface area contributed by atoms with Gasteiger partial charge in [-0.3, -0.25) is 4.79 Å². The molecular formula is C24H25N5O3S2. The number of nitrogens with zero attached hydrogens (tertiary/aromatic N) is 3. The molecule has 2 N–H and O–H groups in total. The Morgan fingerprint density at radius 2 is 1.76 bits per heavy atom. The van der Waals surface area contributed by atoms with Crippen molar-refractivity contribution in [2.45, 2.75) is 32.2 Å². The molecule has 0 saturated carbocycles. The van der Waals surface area contributed by atoms with Crippen molar-refractivity contribution in [1.29, 1.82) is 0 Å². The van der Waals surface area contributed by atoms with E-state index in [0.717, 1.165) is 16.8 Å². The number of carbonyl (C=O) groups excluding carboxylic acids is 1. The summed E-state index contributed by atoms with van der Waals surface area (Å²) >= 11 is 1.38. The second kappa shape index (κ2) is 10.3. The van der Waals surface area contributed by atoms with Crippen LogP contribution in [0.25, 0.3) is 16.3 Å². The van der Waals surface area contributed by atoms with Crippen molar-refractivity contribution < 1.29 is 13.2 Å². The SMILES string of the molecule is CC(C)NS(=O)(=O)Cc1ccc(CNC(=O)c2csc(-c3cnn(-c4ccccc4)c3)n2)cc1. The van der Waals surface area contributed by atoms with E-state index in [2.05, 4.69) is 20.1 Å². The largest absolute Gasteiger partial charge is 0.347 e. The number of carbonyl (C=O) groups is 1. The second-order valence-corrected chi connectivity index (χ2v) is 10.7. The number of rotatable bonds is 9. The van der Waals surface area contributed by atoms with Crippen molar-refractivity contribution in [3.63, 3.8) is 0 Å².